The highest BCUT2D eigenvalue weighted by Crippen LogP contribution is 2.32. The van der Waals surface area contributed by atoms with Crippen molar-refractivity contribution in [3.05, 3.63) is 75.2 Å². The fourth-order valence-electron chi connectivity index (χ4n) is 8.18. The summed E-state index contributed by atoms with van der Waals surface area (Å²) in [5.74, 6) is -1.02. The van der Waals surface area contributed by atoms with Crippen molar-refractivity contribution in [3.8, 4) is 5.75 Å². The van der Waals surface area contributed by atoms with Crippen LogP contribution in [0.2, 0.25) is 5.02 Å². The van der Waals surface area contributed by atoms with E-state index < -0.39 is 35.6 Å². The largest absolute Gasteiger partial charge is 0.478 e. The summed E-state index contributed by atoms with van der Waals surface area (Å²) >= 11 is 6.55. The van der Waals surface area contributed by atoms with Crippen LogP contribution < -0.4 is 36.2 Å². The summed E-state index contributed by atoms with van der Waals surface area (Å²) in [6, 6.07) is 11.3. The van der Waals surface area contributed by atoms with Crippen LogP contribution in [-0.4, -0.2) is 119 Å². The lowest BCUT2D eigenvalue weighted by Crippen LogP contribution is -2.54. The molecule has 0 saturated carbocycles. The molecule has 59 heavy (non-hydrogen) atoms. The molecule has 3 fully saturated rings. The first-order valence-corrected chi connectivity index (χ1v) is 19.8. The minimum atomic E-state index is -0.989. The first-order valence-electron chi connectivity index (χ1n) is 19.4. The maximum absolute atomic E-state index is 13.3. The van der Waals surface area contributed by atoms with Gasteiger partial charge in [-0.1, -0.05) is 11.6 Å². The summed E-state index contributed by atoms with van der Waals surface area (Å²) in [6.45, 7) is 5.41. The monoisotopic (exact) mass is 826 g/mol. The van der Waals surface area contributed by atoms with E-state index in [4.69, 9.17) is 21.3 Å². The number of nitrogens with one attached hydrogen (secondary N) is 3. The van der Waals surface area contributed by atoms with Crippen molar-refractivity contribution >= 4 is 75.2 Å². The van der Waals surface area contributed by atoms with Gasteiger partial charge in [-0.25, -0.2) is 10.5 Å². The normalized spacial score (nSPS) is 19.0. The minimum Gasteiger partial charge on any atom is -0.478 e. The number of ether oxygens (including phenoxy) is 1. The number of piperidine rings is 2. The van der Waals surface area contributed by atoms with Gasteiger partial charge in [0.2, 0.25) is 17.8 Å². The van der Waals surface area contributed by atoms with Crippen molar-refractivity contribution in [1.29, 1.82) is 0 Å². The second-order valence-electron chi connectivity index (χ2n) is 15.1. The molecule has 2 aromatic heterocycles. The van der Waals surface area contributed by atoms with E-state index in [9.17, 15) is 28.8 Å². The van der Waals surface area contributed by atoms with Crippen LogP contribution in [-0.2, 0) is 26.3 Å². The number of rotatable bonds is 11. The number of aryl methyl sites for hydroxylation is 1. The van der Waals surface area contributed by atoms with E-state index in [1.807, 2.05) is 18.2 Å². The Morgan fingerprint density at radius 1 is 0.915 bits per heavy atom. The number of halogens is 1. The Balaban J connectivity index is 0.840. The third-order valence-corrected chi connectivity index (χ3v) is 11.6. The summed E-state index contributed by atoms with van der Waals surface area (Å²) < 4.78 is 6.93. The maximum atomic E-state index is 13.3. The molecule has 4 aromatic rings. The number of fused-ring (bicyclic) bond motifs is 2. The van der Waals surface area contributed by atoms with E-state index in [2.05, 4.69) is 40.6 Å². The average molecular weight is 827 g/mol. The van der Waals surface area contributed by atoms with Gasteiger partial charge < -0.3 is 24.4 Å². The molecule has 1 unspecified atom stereocenters. The van der Waals surface area contributed by atoms with Crippen LogP contribution in [0.1, 0.15) is 46.4 Å². The number of hydrogen-bond donors (Lipinski definition) is 3. The van der Waals surface area contributed by atoms with E-state index in [0.717, 1.165) is 69.2 Å². The van der Waals surface area contributed by atoms with Crippen molar-refractivity contribution in [2.24, 2.45) is 13.0 Å². The van der Waals surface area contributed by atoms with Crippen LogP contribution in [0.15, 0.2) is 53.5 Å². The lowest BCUT2D eigenvalue weighted by molar-refractivity contribution is -0.136. The molecular weight excluding hydrogens is 784 g/mol. The highest BCUT2D eigenvalue weighted by molar-refractivity contribution is 6.33. The predicted molar refractivity (Wildman–Crippen MR) is 217 cm³/mol. The topological polar surface area (TPSA) is 201 Å². The number of hydroxylamine groups is 1. The van der Waals surface area contributed by atoms with Crippen LogP contribution in [0.5, 0.6) is 5.75 Å². The van der Waals surface area contributed by atoms with Gasteiger partial charge in [-0.2, -0.15) is 4.98 Å². The Labute approximate surface area is 343 Å². The van der Waals surface area contributed by atoms with Crippen molar-refractivity contribution in [2.75, 3.05) is 74.6 Å². The number of pyridine rings is 1. The zero-order chi connectivity index (χ0) is 41.4. The first-order chi connectivity index (χ1) is 28.5. The van der Waals surface area contributed by atoms with Crippen LogP contribution in [0.4, 0.5) is 23.1 Å². The number of carbonyl (C=O) groups excluding carboxylic acids is 5. The van der Waals surface area contributed by atoms with Crippen molar-refractivity contribution in [3.63, 3.8) is 0 Å². The molecular formula is C40H43ClN10O8. The number of anilines is 4. The van der Waals surface area contributed by atoms with Gasteiger partial charge >= 0.3 is 0 Å². The first kappa shape index (κ1) is 39.7. The van der Waals surface area contributed by atoms with Gasteiger partial charge in [0.25, 0.3) is 23.3 Å². The summed E-state index contributed by atoms with van der Waals surface area (Å²) in [6.07, 6.45) is 3.73. The summed E-state index contributed by atoms with van der Waals surface area (Å²) in [4.78, 5) is 96.9. The van der Waals surface area contributed by atoms with Crippen molar-refractivity contribution < 1.29 is 33.5 Å². The molecule has 1 atom stereocenters. The molecule has 6 heterocycles. The summed E-state index contributed by atoms with van der Waals surface area (Å²) in [5.41, 5.74) is 4.55. The van der Waals surface area contributed by atoms with Crippen LogP contribution in [0.25, 0.3) is 10.9 Å². The minimum absolute atomic E-state index is 0.0209. The molecule has 4 aliphatic heterocycles. The number of aromatic nitrogens is 3. The third kappa shape index (κ3) is 8.15. The second kappa shape index (κ2) is 16.6. The Morgan fingerprint density at radius 3 is 2.42 bits per heavy atom. The van der Waals surface area contributed by atoms with Crippen LogP contribution in [0, 0.1) is 5.92 Å². The average Bonchev–Trinajstić information content (AvgIpc) is 3.48. The van der Waals surface area contributed by atoms with Crippen LogP contribution in [0.3, 0.4) is 0 Å². The van der Waals surface area contributed by atoms with Gasteiger partial charge in [-0.05, 0) is 67.6 Å². The lowest BCUT2D eigenvalue weighted by Gasteiger charge is -2.39. The Bertz CT molecular complexity index is 2410. The highest BCUT2D eigenvalue weighted by atomic mass is 35.5. The number of nitrogens with zero attached hydrogens (tertiary/aromatic N) is 7. The zero-order valence-corrected chi connectivity index (χ0v) is 33.3. The third-order valence-electron chi connectivity index (χ3n) is 11.3. The molecule has 0 aliphatic carbocycles. The molecule has 3 N–H and O–H groups in total. The fraction of sp³-hybridized carbons (Fsp3) is 0.400. The SMILES string of the molecule is CONC(=O)COc1cc2cc(Nc3nc(N4CCC(CN5CCN(c6ccc7c(c6)C(=O)N(C6CCC(=O)NC6=O)C7=O)CC5)CC4)ncc3Cl)ccc2n(C)c1=O. The second-order valence-corrected chi connectivity index (χ2v) is 15.5. The van der Waals surface area contributed by atoms with Crippen LogP contribution >= 0.6 is 11.6 Å². The molecule has 19 heteroatoms. The van der Waals surface area contributed by atoms with E-state index in [1.54, 1.807) is 37.5 Å². The molecule has 0 spiro atoms. The van der Waals surface area contributed by atoms with Gasteiger partial charge in [-0.3, -0.25) is 48.7 Å². The number of hydrogen-bond acceptors (Lipinski definition) is 14. The number of carbonyl (C=O) groups is 5. The lowest BCUT2D eigenvalue weighted by atomic mass is 9.96. The van der Waals surface area contributed by atoms with E-state index in [0.29, 0.717) is 39.3 Å². The van der Waals surface area contributed by atoms with E-state index >= 15 is 0 Å². The van der Waals surface area contributed by atoms with Gasteiger partial charge in [0.15, 0.2) is 18.2 Å². The maximum Gasteiger partial charge on any atom is 0.293 e. The van der Waals surface area contributed by atoms with Gasteiger partial charge in [-0.15, -0.1) is 0 Å². The Kier molecular flexibility index (Phi) is 11.2. The smallest absolute Gasteiger partial charge is 0.293 e. The van der Waals surface area contributed by atoms with E-state index in [1.165, 1.54) is 11.7 Å². The molecule has 5 amide bonds. The quantitative estimate of drug-likeness (QED) is 0.147. The molecule has 2 aromatic carbocycles. The standard InChI is InChI=1S/C40H43ClN10O8/c1-47-30-6-3-25(17-24(30)18-32(39(47)57)59-22-34(53)46-58-2)43-35-29(41)20-42-40(45-35)50-11-9-23(10-12-50)21-48-13-15-49(16-14-48)26-4-5-27-28(19-26)38(56)51(37(27)55)31-7-8-33(52)44-36(31)54/h3-6,17-20,23,31H,7-16,21-22H2,1-2H3,(H,46,53)(H,42,43,45)(H,44,52,54). The highest BCUT2D eigenvalue weighted by Gasteiger charge is 2.45. The molecule has 8 rings (SSSR count). The van der Waals surface area contributed by atoms with Crippen molar-refractivity contribution in [2.45, 2.75) is 31.7 Å². The predicted octanol–water partition coefficient (Wildman–Crippen LogP) is 2.22. The molecule has 0 bridgehead atoms. The molecule has 3 saturated heterocycles. The molecule has 0 radical (unpaired) electrons. The number of benzene rings is 2. The van der Waals surface area contributed by atoms with Crippen molar-refractivity contribution in [1.82, 2.24) is 35.1 Å². The fourth-order valence-corrected chi connectivity index (χ4v) is 8.32. The number of piperazine rings is 1. The molecule has 4 aliphatic rings. The van der Waals surface area contributed by atoms with Gasteiger partial charge in [0.1, 0.15) is 11.1 Å². The summed E-state index contributed by atoms with van der Waals surface area (Å²) in [7, 11) is 2.94. The number of imide groups is 2. The molecule has 308 valence electrons. The Hall–Kier alpha value is -6.11. The van der Waals surface area contributed by atoms with Gasteiger partial charge in [0.05, 0.1) is 30.0 Å². The van der Waals surface area contributed by atoms with E-state index in [-0.39, 0.29) is 41.9 Å². The zero-order valence-electron chi connectivity index (χ0n) is 32.5. The van der Waals surface area contributed by atoms with Gasteiger partial charge in [0, 0.05) is 76.0 Å². The molecule has 18 nitrogen and oxygen atoms in total. The Morgan fingerprint density at radius 2 is 1.68 bits per heavy atom. The summed E-state index contributed by atoms with van der Waals surface area (Å²) in [5, 5.41) is 6.58. The number of amides is 5.